The van der Waals surface area contributed by atoms with Gasteiger partial charge in [0.1, 0.15) is 6.54 Å². The van der Waals surface area contributed by atoms with Crippen LogP contribution in [-0.2, 0) is 11.3 Å². The Morgan fingerprint density at radius 1 is 1.47 bits per heavy atom. The SMILES string of the molecule is Nc1ccc(=O)n(CC(=O)N(CCO)C2CCC2)c1. The van der Waals surface area contributed by atoms with Gasteiger partial charge in [0.2, 0.25) is 5.91 Å². The van der Waals surface area contributed by atoms with Crippen LogP contribution in [0.5, 0.6) is 0 Å². The number of pyridine rings is 1. The monoisotopic (exact) mass is 265 g/mol. The summed E-state index contributed by atoms with van der Waals surface area (Å²) in [5.41, 5.74) is 5.81. The van der Waals surface area contributed by atoms with Gasteiger partial charge in [0.15, 0.2) is 0 Å². The molecule has 2 rings (SSSR count). The van der Waals surface area contributed by atoms with Gasteiger partial charge in [-0.1, -0.05) is 0 Å². The van der Waals surface area contributed by atoms with Crippen LogP contribution in [0.25, 0.3) is 0 Å². The number of aromatic nitrogens is 1. The van der Waals surface area contributed by atoms with E-state index in [1.165, 1.54) is 22.9 Å². The number of aliphatic hydroxyl groups is 1. The smallest absolute Gasteiger partial charge is 0.251 e. The second-order valence-corrected chi connectivity index (χ2v) is 4.82. The van der Waals surface area contributed by atoms with Gasteiger partial charge in [0.05, 0.1) is 6.61 Å². The molecule has 3 N–H and O–H groups in total. The number of rotatable bonds is 5. The van der Waals surface area contributed by atoms with Crippen LogP contribution in [0.4, 0.5) is 5.69 Å². The van der Waals surface area contributed by atoms with Crippen molar-refractivity contribution in [2.24, 2.45) is 0 Å². The van der Waals surface area contributed by atoms with Crippen LogP contribution in [0.1, 0.15) is 19.3 Å². The predicted molar refractivity (Wildman–Crippen MR) is 71.6 cm³/mol. The van der Waals surface area contributed by atoms with Gasteiger partial charge in [0, 0.05) is 30.5 Å². The number of anilines is 1. The van der Waals surface area contributed by atoms with Gasteiger partial charge in [0.25, 0.3) is 5.56 Å². The standard InChI is InChI=1S/C13H19N3O3/c14-10-4-5-12(18)15(8-10)9-13(19)16(6-7-17)11-2-1-3-11/h4-5,8,11,17H,1-3,6-7,9,14H2. The van der Waals surface area contributed by atoms with E-state index in [4.69, 9.17) is 10.8 Å². The van der Waals surface area contributed by atoms with E-state index < -0.39 is 0 Å². The first-order chi connectivity index (χ1) is 9.11. The summed E-state index contributed by atoms with van der Waals surface area (Å²) in [6.07, 6.45) is 4.52. The van der Waals surface area contributed by atoms with E-state index in [-0.39, 0.29) is 30.7 Å². The van der Waals surface area contributed by atoms with E-state index in [1.54, 1.807) is 4.90 Å². The first-order valence-corrected chi connectivity index (χ1v) is 6.48. The van der Waals surface area contributed by atoms with E-state index in [1.807, 2.05) is 0 Å². The Bertz CT molecular complexity index is 508. The number of amides is 1. The molecule has 1 aliphatic rings. The molecule has 1 saturated carbocycles. The Hall–Kier alpha value is -1.82. The lowest BCUT2D eigenvalue weighted by Gasteiger charge is -2.37. The summed E-state index contributed by atoms with van der Waals surface area (Å²) < 4.78 is 1.31. The highest BCUT2D eigenvalue weighted by Gasteiger charge is 2.28. The van der Waals surface area contributed by atoms with Crippen molar-refractivity contribution < 1.29 is 9.90 Å². The lowest BCUT2D eigenvalue weighted by Crippen LogP contribution is -2.47. The molecule has 0 radical (unpaired) electrons. The van der Waals surface area contributed by atoms with Crippen molar-refractivity contribution in [1.29, 1.82) is 0 Å². The molecule has 0 bridgehead atoms. The summed E-state index contributed by atoms with van der Waals surface area (Å²) >= 11 is 0. The number of nitrogen functional groups attached to an aromatic ring is 1. The van der Waals surface area contributed by atoms with Gasteiger partial charge in [-0.2, -0.15) is 0 Å². The van der Waals surface area contributed by atoms with E-state index in [2.05, 4.69) is 0 Å². The Kier molecular flexibility index (Phi) is 4.21. The van der Waals surface area contributed by atoms with Crippen molar-refractivity contribution in [3.63, 3.8) is 0 Å². The number of carbonyl (C=O) groups excluding carboxylic acids is 1. The summed E-state index contributed by atoms with van der Waals surface area (Å²) in [6, 6.07) is 3.07. The van der Waals surface area contributed by atoms with Gasteiger partial charge in [-0.05, 0) is 25.3 Å². The van der Waals surface area contributed by atoms with E-state index in [0.29, 0.717) is 12.2 Å². The van der Waals surface area contributed by atoms with Crippen molar-refractivity contribution >= 4 is 11.6 Å². The average molecular weight is 265 g/mol. The molecule has 1 heterocycles. The normalized spacial score (nSPS) is 15.0. The molecule has 1 aromatic rings. The Morgan fingerprint density at radius 3 is 2.79 bits per heavy atom. The molecule has 6 heteroatoms. The van der Waals surface area contributed by atoms with Crippen molar-refractivity contribution in [2.75, 3.05) is 18.9 Å². The molecule has 1 amide bonds. The van der Waals surface area contributed by atoms with E-state index >= 15 is 0 Å². The second-order valence-electron chi connectivity index (χ2n) is 4.82. The fourth-order valence-electron chi connectivity index (χ4n) is 2.23. The summed E-state index contributed by atoms with van der Waals surface area (Å²) in [4.78, 5) is 25.5. The lowest BCUT2D eigenvalue weighted by molar-refractivity contribution is -0.136. The maximum absolute atomic E-state index is 12.2. The molecule has 0 saturated heterocycles. The molecule has 1 aromatic heterocycles. The first kappa shape index (κ1) is 13.6. The molecule has 0 aromatic carbocycles. The van der Waals surface area contributed by atoms with Crippen molar-refractivity contribution in [3.05, 3.63) is 28.7 Å². The average Bonchev–Trinajstić information content (AvgIpc) is 2.31. The van der Waals surface area contributed by atoms with Gasteiger partial charge < -0.3 is 20.3 Å². The van der Waals surface area contributed by atoms with Crippen molar-refractivity contribution in [2.45, 2.75) is 31.8 Å². The molecule has 104 valence electrons. The van der Waals surface area contributed by atoms with Crippen LogP contribution in [-0.4, -0.2) is 39.7 Å². The Morgan fingerprint density at radius 2 is 2.21 bits per heavy atom. The molecule has 1 fully saturated rings. The van der Waals surface area contributed by atoms with Crippen LogP contribution in [0.3, 0.4) is 0 Å². The zero-order chi connectivity index (χ0) is 13.8. The van der Waals surface area contributed by atoms with Gasteiger partial charge in [-0.3, -0.25) is 9.59 Å². The zero-order valence-electron chi connectivity index (χ0n) is 10.8. The maximum atomic E-state index is 12.2. The fourth-order valence-corrected chi connectivity index (χ4v) is 2.23. The molecular weight excluding hydrogens is 246 g/mol. The van der Waals surface area contributed by atoms with Crippen LogP contribution in [0, 0.1) is 0 Å². The minimum atomic E-state index is -0.250. The van der Waals surface area contributed by atoms with Gasteiger partial charge >= 0.3 is 0 Å². The number of aliphatic hydroxyl groups excluding tert-OH is 1. The number of nitrogens with zero attached hydrogens (tertiary/aromatic N) is 2. The number of carbonyl (C=O) groups is 1. The van der Waals surface area contributed by atoms with Gasteiger partial charge in [-0.15, -0.1) is 0 Å². The van der Waals surface area contributed by atoms with Crippen LogP contribution < -0.4 is 11.3 Å². The molecule has 0 unspecified atom stereocenters. The van der Waals surface area contributed by atoms with Gasteiger partial charge in [-0.25, -0.2) is 0 Å². The number of hydrogen-bond donors (Lipinski definition) is 2. The van der Waals surface area contributed by atoms with Crippen LogP contribution in [0.2, 0.25) is 0 Å². The van der Waals surface area contributed by atoms with Crippen LogP contribution in [0.15, 0.2) is 23.1 Å². The number of nitrogens with two attached hydrogens (primary N) is 1. The molecule has 6 nitrogen and oxygen atoms in total. The molecule has 1 aliphatic carbocycles. The summed E-state index contributed by atoms with van der Waals surface area (Å²) in [5.74, 6) is -0.147. The third kappa shape index (κ3) is 3.14. The third-order valence-electron chi connectivity index (χ3n) is 3.49. The Balaban J connectivity index is 2.09. The largest absolute Gasteiger partial charge is 0.398 e. The minimum Gasteiger partial charge on any atom is -0.398 e. The highest BCUT2D eigenvalue weighted by atomic mass is 16.3. The minimum absolute atomic E-state index is 0.0274. The Labute approximate surface area is 111 Å². The molecular formula is C13H19N3O3. The van der Waals surface area contributed by atoms with E-state index in [9.17, 15) is 9.59 Å². The summed E-state index contributed by atoms with van der Waals surface area (Å²) in [6.45, 7) is 0.231. The molecule has 0 aliphatic heterocycles. The van der Waals surface area contributed by atoms with E-state index in [0.717, 1.165) is 19.3 Å². The predicted octanol–water partition coefficient (Wildman–Crippen LogP) is -0.196. The van der Waals surface area contributed by atoms with Crippen molar-refractivity contribution in [3.8, 4) is 0 Å². The zero-order valence-corrected chi connectivity index (χ0v) is 10.8. The van der Waals surface area contributed by atoms with Crippen LogP contribution >= 0.6 is 0 Å². The molecule has 0 spiro atoms. The second kappa shape index (κ2) is 5.88. The molecule has 19 heavy (non-hydrogen) atoms. The summed E-state index contributed by atoms with van der Waals surface area (Å²) in [7, 11) is 0. The number of hydrogen-bond acceptors (Lipinski definition) is 4. The van der Waals surface area contributed by atoms with Crippen molar-refractivity contribution in [1.82, 2.24) is 9.47 Å². The molecule has 0 atom stereocenters. The summed E-state index contributed by atoms with van der Waals surface area (Å²) in [5, 5.41) is 9.04. The lowest BCUT2D eigenvalue weighted by atomic mass is 9.91. The fraction of sp³-hybridized carbons (Fsp3) is 0.538. The highest BCUT2D eigenvalue weighted by Crippen LogP contribution is 2.24. The topological polar surface area (TPSA) is 88.6 Å². The maximum Gasteiger partial charge on any atom is 0.251 e. The third-order valence-corrected chi connectivity index (χ3v) is 3.49. The first-order valence-electron chi connectivity index (χ1n) is 6.48. The quantitative estimate of drug-likeness (QED) is 0.772. The highest BCUT2D eigenvalue weighted by molar-refractivity contribution is 5.76.